The number of hydrogen-bond donors (Lipinski definition) is 3. The molecule has 3 amide bonds. The minimum Gasteiger partial charge on any atom is -0.351 e. The SMILES string of the molecule is CCNC(=O)Nc1nc2cc(-c3ccc(C)cc3)cc(C(=O)NCC)n2n1. The highest BCUT2D eigenvalue weighted by atomic mass is 16.2. The number of nitrogens with zero attached hydrogens (tertiary/aromatic N) is 3. The lowest BCUT2D eigenvalue weighted by molar-refractivity contribution is 0.0948. The Kier molecular flexibility index (Phi) is 5.35. The van der Waals surface area contributed by atoms with E-state index in [1.165, 1.54) is 4.52 Å². The van der Waals surface area contributed by atoms with Crippen molar-refractivity contribution in [3.05, 3.63) is 47.7 Å². The Bertz CT molecular complexity index is 978. The van der Waals surface area contributed by atoms with E-state index in [2.05, 4.69) is 26.0 Å². The number of pyridine rings is 1. The van der Waals surface area contributed by atoms with Crippen LogP contribution in [0.4, 0.5) is 10.7 Å². The molecule has 3 aromatic rings. The summed E-state index contributed by atoms with van der Waals surface area (Å²) in [4.78, 5) is 28.6. The minimum absolute atomic E-state index is 0.132. The normalized spacial score (nSPS) is 10.6. The number of aryl methyl sites for hydroxylation is 1. The van der Waals surface area contributed by atoms with Gasteiger partial charge in [0, 0.05) is 13.1 Å². The highest BCUT2D eigenvalue weighted by molar-refractivity contribution is 5.95. The van der Waals surface area contributed by atoms with Gasteiger partial charge in [-0.25, -0.2) is 9.31 Å². The number of rotatable bonds is 5. The molecule has 0 aliphatic heterocycles. The molecule has 0 fully saturated rings. The van der Waals surface area contributed by atoms with E-state index in [0.717, 1.165) is 16.7 Å². The first-order chi connectivity index (χ1) is 13.0. The van der Waals surface area contributed by atoms with Gasteiger partial charge in [-0.15, -0.1) is 5.10 Å². The molecular weight excluding hydrogens is 344 g/mol. The third-order valence-electron chi connectivity index (χ3n) is 3.95. The Balaban J connectivity index is 2.09. The van der Waals surface area contributed by atoms with Crippen LogP contribution in [0, 0.1) is 6.92 Å². The van der Waals surface area contributed by atoms with Crippen molar-refractivity contribution in [2.45, 2.75) is 20.8 Å². The van der Waals surface area contributed by atoms with Gasteiger partial charge in [-0.3, -0.25) is 10.1 Å². The van der Waals surface area contributed by atoms with E-state index in [1.54, 1.807) is 6.07 Å². The molecule has 8 nitrogen and oxygen atoms in total. The molecule has 3 rings (SSSR count). The van der Waals surface area contributed by atoms with Crippen LogP contribution in [0.2, 0.25) is 0 Å². The summed E-state index contributed by atoms with van der Waals surface area (Å²) < 4.78 is 1.43. The number of carbonyl (C=O) groups excluding carboxylic acids is 2. The lowest BCUT2D eigenvalue weighted by atomic mass is 10.0. The fraction of sp³-hybridized carbons (Fsp3) is 0.263. The fourth-order valence-electron chi connectivity index (χ4n) is 2.67. The summed E-state index contributed by atoms with van der Waals surface area (Å²) in [6.07, 6.45) is 0. The largest absolute Gasteiger partial charge is 0.351 e. The maximum absolute atomic E-state index is 12.5. The van der Waals surface area contributed by atoms with Crippen LogP contribution in [0.25, 0.3) is 16.8 Å². The van der Waals surface area contributed by atoms with Crippen LogP contribution in [0.1, 0.15) is 29.9 Å². The summed E-state index contributed by atoms with van der Waals surface area (Å²) in [7, 11) is 0. The van der Waals surface area contributed by atoms with Crippen molar-refractivity contribution in [2.75, 3.05) is 18.4 Å². The zero-order chi connectivity index (χ0) is 19.4. The van der Waals surface area contributed by atoms with Gasteiger partial charge in [0.2, 0.25) is 0 Å². The van der Waals surface area contributed by atoms with Crippen molar-refractivity contribution in [1.29, 1.82) is 0 Å². The van der Waals surface area contributed by atoms with Gasteiger partial charge >= 0.3 is 6.03 Å². The molecule has 0 radical (unpaired) electrons. The molecule has 2 heterocycles. The van der Waals surface area contributed by atoms with E-state index in [0.29, 0.717) is 24.4 Å². The van der Waals surface area contributed by atoms with Crippen molar-refractivity contribution >= 4 is 23.5 Å². The Morgan fingerprint density at radius 2 is 1.70 bits per heavy atom. The number of anilines is 1. The Labute approximate surface area is 157 Å². The van der Waals surface area contributed by atoms with Crippen LogP contribution in [0.5, 0.6) is 0 Å². The van der Waals surface area contributed by atoms with E-state index in [9.17, 15) is 9.59 Å². The molecule has 140 valence electrons. The first kappa shape index (κ1) is 18.4. The second kappa shape index (κ2) is 7.86. The number of hydrogen-bond acceptors (Lipinski definition) is 4. The molecule has 0 unspecified atom stereocenters. The number of benzene rings is 1. The molecule has 0 bridgehead atoms. The molecule has 27 heavy (non-hydrogen) atoms. The second-order valence-electron chi connectivity index (χ2n) is 6.04. The highest BCUT2D eigenvalue weighted by Gasteiger charge is 2.16. The van der Waals surface area contributed by atoms with Gasteiger partial charge in [-0.05, 0) is 44.0 Å². The summed E-state index contributed by atoms with van der Waals surface area (Å²) in [5.41, 5.74) is 3.79. The van der Waals surface area contributed by atoms with E-state index in [4.69, 9.17) is 0 Å². The van der Waals surface area contributed by atoms with E-state index < -0.39 is 6.03 Å². The lowest BCUT2D eigenvalue weighted by Gasteiger charge is -2.08. The molecule has 3 N–H and O–H groups in total. The molecule has 0 spiro atoms. The number of aromatic nitrogens is 3. The second-order valence-corrected chi connectivity index (χ2v) is 6.04. The van der Waals surface area contributed by atoms with Crippen LogP contribution >= 0.6 is 0 Å². The van der Waals surface area contributed by atoms with Crippen LogP contribution < -0.4 is 16.0 Å². The maximum atomic E-state index is 12.5. The Morgan fingerprint density at radius 1 is 1.00 bits per heavy atom. The Morgan fingerprint density at radius 3 is 2.37 bits per heavy atom. The zero-order valence-corrected chi connectivity index (χ0v) is 15.5. The van der Waals surface area contributed by atoms with Crippen LogP contribution in [-0.4, -0.2) is 39.6 Å². The molecule has 0 atom stereocenters. The molecule has 0 aliphatic carbocycles. The smallest absolute Gasteiger partial charge is 0.321 e. The third kappa shape index (κ3) is 4.05. The summed E-state index contributed by atoms with van der Waals surface area (Å²) in [5, 5.41) is 12.2. The molecule has 0 aliphatic rings. The summed E-state index contributed by atoms with van der Waals surface area (Å²) in [6, 6.07) is 11.2. The van der Waals surface area contributed by atoms with E-state index >= 15 is 0 Å². The van der Waals surface area contributed by atoms with Gasteiger partial charge < -0.3 is 10.6 Å². The maximum Gasteiger partial charge on any atom is 0.321 e. The van der Waals surface area contributed by atoms with E-state index in [-0.39, 0.29) is 11.9 Å². The predicted molar refractivity (Wildman–Crippen MR) is 104 cm³/mol. The topological polar surface area (TPSA) is 100 Å². The minimum atomic E-state index is -0.397. The van der Waals surface area contributed by atoms with Gasteiger partial charge in [0.1, 0.15) is 5.69 Å². The van der Waals surface area contributed by atoms with E-state index in [1.807, 2.05) is 51.1 Å². The van der Waals surface area contributed by atoms with Crippen molar-refractivity contribution in [3.8, 4) is 11.1 Å². The van der Waals surface area contributed by atoms with Gasteiger partial charge in [-0.1, -0.05) is 29.8 Å². The number of nitrogens with one attached hydrogen (secondary N) is 3. The van der Waals surface area contributed by atoms with Crippen LogP contribution in [0.15, 0.2) is 36.4 Å². The number of carbonyl (C=O) groups is 2. The fourth-order valence-corrected chi connectivity index (χ4v) is 2.67. The summed E-state index contributed by atoms with van der Waals surface area (Å²) >= 11 is 0. The monoisotopic (exact) mass is 366 g/mol. The molecule has 2 aromatic heterocycles. The first-order valence-electron chi connectivity index (χ1n) is 8.82. The van der Waals surface area contributed by atoms with Crippen molar-refractivity contribution in [2.24, 2.45) is 0 Å². The van der Waals surface area contributed by atoms with Gasteiger partial charge in [0.25, 0.3) is 11.9 Å². The first-order valence-corrected chi connectivity index (χ1v) is 8.82. The van der Waals surface area contributed by atoms with Crippen LogP contribution in [0.3, 0.4) is 0 Å². The molecule has 0 saturated heterocycles. The predicted octanol–water partition coefficient (Wildman–Crippen LogP) is 2.60. The summed E-state index contributed by atoms with van der Waals surface area (Å²) in [6.45, 7) is 6.67. The van der Waals surface area contributed by atoms with Crippen LogP contribution in [-0.2, 0) is 0 Å². The Hall–Kier alpha value is -3.42. The number of amides is 3. The summed E-state index contributed by atoms with van der Waals surface area (Å²) in [5.74, 6) is -0.126. The third-order valence-corrected chi connectivity index (χ3v) is 3.95. The quantitative estimate of drug-likeness (QED) is 0.646. The van der Waals surface area contributed by atoms with Gasteiger partial charge in [-0.2, -0.15) is 4.98 Å². The average Bonchev–Trinajstić information content (AvgIpc) is 3.04. The highest BCUT2D eigenvalue weighted by Crippen LogP contribution is 2.23. The standard InChI is InChI=1S/C19H22N6O2/c1-4-20-17(26)15-10-14(13-8-6-12(3)7-9-13)11-16-22-18(24-25(15)16)23-19(27)21-5-2/h6-11H,4-5H2,1-3H3,(H,20,26)(H2,21,23,24,27). The zero-order valence-electron chi connectivity index (χ0n) is 15.5. The average molecular weight is 366 g/mol. The van der Waals surface area contributed by atoms with Crippen molar-refractivity contribution < 1.29 is 9.59 Å². The molecular formula is C19H22N6O2. The molecule has 8 heteroatoms. The van der Waals surface area contributed by atoms with Crippen molar-refractivity contribution in [3.63, 3.8) is 0 Å². The number of urea groups is 1. The molecule has 1 aromatic carbocycles. The lowest BCUT2D eigenvalue weighted by Crippen LogP contribution is -2.28. The van der Waals surface area contributed by atoms with Gasteiger partial charge in [0.05, 0.1) is 0 Å². The molecule has 0 saturated carbocycles. The van der Waals surface area contributed by atoms with Crippen molar-refractivity contribution in [1.82, 2.24) is 25.2 Å². The van der Waals surface area contributed by atoms with Gasteiger partial charge in [0.15, 0.2) is 5.65 Å². The number of fused-ring (bicyclic) bond motifs is 1.